The molecule has 0 bridgehead atoms. The van der Waals surface area contributed by atoms with Crippen molar-refractivity contribution in [3.63, 3.8) is 0 Å². The second kappa shape index (κ2) is 4.18. The smallest absolute Gasteiger partial charge is 0.324 e. The first-order valence-electron chi connectivity index (χ1n) is 5.54. The predicted molar refractivity (Wildman–Crippen MR) is 55.3 cm³/mol. The van der Waals surface area contributed by atoms with Crippen molar-refractivity contribution in [2.45, 2.75) is 38.3 Å². The van der Waals surface area contributed by atoms with Crippen LogP contribution in [-0.4, -0.2) is 42.0 Å². The summed E-state index contributed by atoms with van der Waals surface area (Å²) in [5.41, 5.74) is 0. The van der Waals surface area contributed by atoms with Gasteiger partial charge in [0.15, 0.2) is 0 Å². The van der Waals surface area contributed by atoms with E-state index in [4.69, 9.17) is 0 Å². The summed E-state index contributed by atoms with van der Waals surface area (Å²) in [5.74, 6) is -0.0991. The molecule has 5 nitrogen and oxygen atoms in total. The number of carbonyl (C=O) groups excluding carboxylic acids is 2. The van der Waals surface area contributed by atoms with Crippen molar-refractivity contribution in [1.29, 1.82) is 0 Å². The molecule has 2 saturated heterocycles. The summed E-state index contributed by atoms with van der Waals surface area (Å²) in [6.07, 6.45) is 3.21. The summed E-state index contributed by atoms with van der Waals surface area (Å²) in [6.45, 7) is 3.31. The van der Waals surface area contributed by atoms with Crippen LogP contribution >= 0.6 is 0 Å². The van der Waals surface area contributed by atoms with Gasteiger partial charge in [0.1, 0.15) is 6.04 Å². The molecule has 2 aliphatic heterocycles. The molecule has 2 fully saturated rings. The molecule has 2 aliphatic rings. The fraction of sp³-hybridized carbons (Fsp3) is 0.800. The fourth-order valence-electron chi connectivity index (χ4n) is 2.16. The van der Waals surface area contributed by atoms with Gasteiger partial charge in [-0.25, -0.2) is 4.79 Å². The molecule has 2 unspecified atom stereocenters. The van der Waals surface area contributed by atoms with Gasteiger partial charge in [0.05, 0.1) is 0 Å². The van der Waals surface area contributed by atoms with Crippen LogP contribution in [0.25, 0.3) is 0 Å². The number of carbonyl (C=O) groups is 2. The van der Waals surface area contributed by atoms with E-state index < -0.39 is 0 Å². The number of nitrogens with one attached hydrogen (secondary N) is 2. The third-order valence-corrected chi connectivity index (χ3v) is 3.09. The van der Waals surface area contributed by atoms with Crippen molar-refractivity contribution in [3.05, 3.63) is 0 Å². The van der Waals surface area contributed by atoms with Crippen LogP contribution in [0.1, 0.15) is 26.2 Å². The van der Waals surface area contributed by atoms with Crippen LogP contribution in [0, 0.1) is 0 Å². The first kappa shape index (κ1) is 10.4. The number of hydrogen-bond acceptors (Lipinski definition) is 3. The maximum Gasteiger partial charge on any atom is 0.324 e. The number of nitrogens with zero attached hydrogens (tertiary/aromatic N) is 1. The number of hydrogen-bond donors (Lipinski definition) is 2. The standard InChI is InChI=1S/C10H17N3O2/c1-7-9(14)13(10(15)12-7)6-4-8-3-2-5-11-8/h7-8,11H,2-6H2,1H3,(H,12,15). The van der Waals surface area contributed by atoms with E-state index >= 15 is 0 Å². The van der Waals surface area contributed by atoms with E-state index in [1.807, 2.05) is 0 Å². The van der Waals surface area contributed by atoms with E-state index in [0.717, 1.165) is 19.4 Å². The van der Waals surface area contributed by atoms with Gasteiger partial charge >= 0.3 is 6.03 Å². The SMILES string of the molecule is CC1NC(=O)N(CCC2CCCN2)C1=O. The van der Waals surface area contributed by atoms with Gasteiger partial charge in [-0.15, -0.1) is 0 Å². The lowest BCUT2D eigenvalue weighted by atomic mass is 10.1. The lowest BCUT2D eigenvalue weighted by Gasteiger charge is -2.15. The molecule has 3 amide bonds. The number of imide groups is 1. The van der Waals surface area contributed by atoms with Crippen LogP contribution in [0.3, 0.4) is 0 Å². The predicted octanol–water partition coefficient (Wildman–Crippen LogP) is 0.0688. The zero-order valence-electron chi connectivity index (χ0n) is 8.95. The molecule has 2 atom stereocenters. The van der Waals surface area contributed by atoms with Crippen molar-refractivity contribution in [2.75, 3.05) is 13.1 Å². The highest BCUT2D eigenvalue weighted by molar-refractivity contribution is 6.03. The zero-order valence-corrected chi connectivity index (χ0v) is 8.95. The molecule has 0 radical (unpaired) electrons. The molecule has 15 heavy (non-hydrogen) atoms. The Balaban J connectivity index is 1.83. The minimum Gasteiger partial charge on any atom is -0.326 e. The number of amides is 3. The second-order valence-corrected chi connectivity index (χ2v) is 4.24. The molecular weight excluding hydrogens is 194 g/mol. The highest BCUT2D eigenvalue weighted by Gasteiger charge is 2.34. The van der Waals surface area contributed by atoms with Crippen LogP contribution in [0.5, 0.6) is 0 Å². The van der Waals surface area contributed by atoms with Gasteiger partial charge in [-0.05, 0) is 32.7 Å². The molecule has 0 saturated carbocycles. The van der Waals surface area contributed by atoms with E-state index in [1.54, 1.807) is 6.92 Å². The molecule has 0 aliphatic carbocycles. The van der Waals surface area contributed by atoms with Crippen molar-refractivity contribution in [3.8, 4) is 0 Å². The summed E-state index contributed by atoms with van der Waals surface area (Å²) >= 11 is 0. The van der Waals surface area contributed by atoms with Crippen molar-refractivity contribution >= 4 is 11.9 Å². The van der Waals surface area contributed by atoms with E-state index in [-0.39, 0.29) is 18.0 Å². The third kappa shape index (κ3) is 2.12. The van der Waals surface area contributed by atoms with Gasteiger partial charge in [-0.1, -0.05) is 0 Å². The normalized spacial score (nSPS) is 31.1. The Hall–Kier alpha value is -1.10. The number of rotatable bonds is 3. The van der Waals surface area contributed by atoms with Gasteiger partial charge in [0.2, 0.25) is 0 Å². The lowest BCUT2D eigenvalue weighted by Crippen LogP contribution is -2.35. The number of urea groups is 1. The largest absolute Gasteiger partial charge is 0.326 e. The zero-order chi connectivity index (χ0) is 10.8. The maximum absolute atomic E-state index is 11.5. The Morgan fingerprint density at radius 3 is 2.80 bits per heavy atom. The van der Waals surface area contributed by atoms with Crippen LogP contribution in [0.4, 0.5) is 4.79 Å². The van der Waals surface area contributed by atoms with Crippen LogP contribution in [0.2, 0.25) is 0 Å². The van der Waals surface area contributed by atoms with Crippen LogP contribution in [-0.2, 0) is 4.79 Å². The van der Waals surface area contributed by atoms with E-state index in [0.29, 0.717) is 12.6 Å². The average Bonchev–Trinajstić information content (AvgIpc) is 2.76. The first-order valence-corrected chi connectivity index (χ1v) is 5.54. The topological polar surface area (TPSA) is 61.4 Å². The van der Waals surface area contributed by atoms with Crippen molar-refractivity contribution in [2.24, 2.45) is 0 Å². The summed E-state index contributed by atoms with van der Waals surface area (Å²) in [7, 11) is 0. The average molecular weight is 211 g/mol. The minimum absolute atomic E-state index is 0.0991. The Bertz CT molecular complexity index is 274. The van der Waals surface area contributed by atoms with E-state index in [9.17, 15) is 9.59 Å². The molecule has 0 spiro atoms. The molecule has 0 aromatic heterocycles. The van der Waals surface area contributed by atoms with Gasteiger partial charge in [0, 0.05) is 12.6 Å². The highest BCUT2D eigenvalue weighted by atomic mass is 16.2. The van der Waals surface area contributed by atoms with Crippen molar-refractivity contribution in [1.82, 2.24) is 15.5 Å². The van der Waals surface area contributed by atoms with Gasteiger partial charge < -0.3 is 10.6 Å². The Kier molecular flexibility index (Phi) is 2.90. The summed E-state index contributed by atoms with van der Waals surface area (Å²) < 4.78 is 0. The summed E-state index contributed by atoms with van der Waals surface area (Å²) in [5, 5.41) is 5.96. The minimum atomic E-state index is -0.353. The summed E-state index contributed by atoms with van der Waals surface area (Å²) in [6, 6.07) is -0.124. The Morgan fingerprint density at radius 2 is 2.27 bits per heavy atom. The van der Waals surface area contributed by atoms with Crippen LogP contribution in [0.15, 0.2) is 0 Å². The molecule has 84 valence electrons. The Morgan fingerprint density at radius 1 is 1.47 bits per heavy atom. The lowest BCUT2D eigenvalue weighted by molar-refractivity contribution is -0.127. The summed E-state index contributed by atoms with van der Waals surface area (Å²) in [4.78, 5) is 24.2. The van der Waals surface area contributed by atoms with E-state index in [2.05, 4.69) is 10.6 Å². The van der Waals surface area contributed by atoms with Crippen LogP contribution < -0.4 is 10.6 Å². The molecule has 0 aromatic rings. The molecule has 2 N–H and O–H groups in total. The van der Waals surface area contributed by atoms with E-state index in [1.165, 1.54) is 11.3 Å². The van der Waals surface area contributed by atoms with Gasteiger partial charge in [-0.3, -0.25) is 9.69 Å². The van der Waals surface area contributed by atoms with Crippen molar-refractivity contribution < 1.29 is 9.59 Å². The molecule has 2 heterocycles. The molecule has 2 rings (SSSR count). The Labute approximate surface area is 89.2 Å². The fourth-order valence-corrected chi connectivity index (χ4v) is 2.16. The monoisotopic (exact) mass is 211 g/mol. The highest BCUT2D eigenvalue weighted by Crippen LogP contribution is 2.12. The molecule has 0 aromatic carbocycles. The van der Waals surface area contributed by atoms with Gasteiger partial charge in [-0.2, -0.15) is 0 Å². The maximum atomic E-state index is 11.5. The third-order valence-electron chi connectivity index (χ3n) is 3.09. The molecular formula is C10H17N3O2. The second-order valence-electron chi connectivity index (χ2n) is 4.24. The van der Waals surface area contributed by atoms with Gasteiger partial charge in [0.25, 0.3) is 5.91 Å². The molecule has 5 heteroatoms. The first-order chi connectivity index (χ1) is 7.18. The quantitative estimate of drug-likeness (QED) is 0.649.